The maximum absolute atomic E-state index is 13.1. The van der Waals surface area contributed by atoms with Crippen LogP contribution < -0.4 is 5.32 Å². The quantitative estimate of drug-likeness (QED) is 0.860. The number of anilines is 1. The van der Waals surface area contributed by atoms with E-state index >= 15 is 0 Å². The summed E-state index contributed by atoms with van der Waals surface area (Å²) in [6.45, 7) is 4.58. The third-order valence-corrected chi connectivity index (χ3v) is 4.83. The van der Waals surface area contributed by atoms with Crippen LogP contribution in [0.3, 0.4) is 0 Å². The van der Waals surface area contributed by atoms with Crippen LogP contribution in [0.4, 0.5) is 10.1 Å². The molecule has 1 fully saturated rings. The van der Waals surface area contributed by atoms with Crippen LogP contribution in [0.1, 0.15) is 37.1 Å². The van der Waals surface area contributed by atoms with E-state index in [0.717, 1.165) is 50.3 Å². The Balaban J connectivity index is 1.45. The maximum atomic E-state index is 13.1. The smallest absolute Gasteiger partial charge is 0.224 e. The molecule has 0 saturated carbocycles. The average Bonchev–Trinajstić information content (AvgIpc) is 2.64. The molecule has 0 spiro atoms. The summed E-state index contributed by atoms with van der Waals surface area (Å²) >= 11 is 0. The zero-order chi connectivity index (χ0) is 18.4. The molecule has 1 amide bonds. The van der Waals surface area contributed by atoms with Crippen LogP contribution in [0.25, 0.3) is 0 Å². The van der Waals surface area contributed by atoms with Crippen molar-refractivity contribution in [3.05, 3.63) is 53.9 Å². The summed E-state index contributed by atoms with van der Waals surface area (Å²) in [5.74, 6) is 1.05. The van der Waals surface area contributed by atoms with Crippen LogP contribution in [0, 0.1) is 18.7 Å². The van der Waals surface area contributed by atoms with Crippen molar-refractivity contribution in [3.8, 4) is 0 Å². The number of rotatable bonds is 6. The van der Waals surface area contributed by atoms with Gasteiger partial charge in [-0.3, -0.25) is 9.69 Å². The summed E-state index contributed by atoms with van der Waals surface area (Å²) in [5, 5.41) is 2.89. The van der Waals surface area contributed by atoms with Gasteiger partial charge in [-0.25, -0.2) is 14.4 Å². The third kappa shape index (κ3) is 5.33. The maximum Gasteiger partial charge on any atom is 0.224 e. The van der Waals surface area contributed by atoms with Crippen molar-refractivity contribution in [1.82, 2.24) is 14.9 Å². The predicted octanol–water partition coefficient (Wildman–Crippen LogP) is 3.56. The molecule has 1 unspecified atom stereocenters. The molecule has 138 valence electrons. The standard InChI is InChI=1S/C20H25FN4O/c1-15-12-17(21)6-7-18(15)24-20(26)8-5-16-4-2-11-25(13-16)14-19-22-9-3-10-23-19/h3,6-7,9-10,12,16H,2,4-5,8,11,13-14H2,1H3,(H,24,26). The Kier molecular flexibility index (Phi) is 6.28. The van der Waals surface area contributed by atoms with E-state index in [9.17, 15) is 9.18 Å². The molecule has 1 atom stereocenters. The number of carbonyl (C=O) groups is 1. The number of benzene rings is 1. The van der Waals surface area contributed by atoms with Crippen molar-refractivity contribution in [2.45, 2.75) is 39.2 Å². The van der Waals surface area contributed by atoms with Crippen LogP contribution in [0.15, 0.2) is 36.7 Å². The van der Waals surface area contributed by atoms with E-state index in [1.807, 2.05) is 6.07 Å². The Hall–Kier alpha value is -2.34. The third-order valence-electron chi connectivity index (χ3n) is 4.83. The summed E-state index contributed by atoms with van der Waals surface area (Å²) in [5.41, 5.74) is 1.42. The Labute approximate surface area is 153 Å². The molecule has 0 bridgehead atoms. The second-order valence-corrected chi connectivity index (χ2v) is 6.95. The van der Waals surface area contributed by atoms with Gasteiger partial charge < -0.3 is 5.32 Å². The number of hydrogen-bond donors (Lipinski definition) is 1. The van der Waals surface area contributed by atoms with Crippen molar-refractivity contribution in [1.29, 1.82) is 0 Å². The Morgan fingerprint density at radius 2 is 2.15 bits per heavy atom. The van der Waals surface area contributed by atoms with E-state index in [-0.39, 0.29) is 11.7 Å². The predicted molar refractivity (Wildman–Crippen MR) is 99.0 cm³/mol. The summed E-state index contributed by atoms with van der Waals surface area (Å²) in [6.07, 6.45) is 7.16. The van der Waals surface area contributed by atoms with Gasteiger partial charge in [-0.2, -0.15) is 0 Å². The molecule has 3 rings (SSSR count). The van der Waals surface area contributed by atoms with Gasteiger partial charge >= 0.3 is 0 Å². The lowest BCUT2D eigenvalue weighted by atomic mass is 9.93. The molecule has 1 N–H and O–H groups in total. The van der Waals surface area contributed by atoms with Crippen LogP contribution in [0.5, 0.6) is 0 Å². The molecule has 5 nitrogen and oxygen atoms in total. The van der Waals surface area contributed by atoms with Crippen molar-refractivity contribution in [2.75, 3.05) is 18.4 Å². The highest BCUT2D eigenvalue weighted by Crippen LogP contribution is 2.23. The molecule has 1 saturated heterocycles. The molecule has 1 aromatic heterocycles. The van der Waals surface area contributed by atoms with Gasteiger partial charge in [-0.15, -0.1) is 0 Å². The highest BCUT2D eigenvalue weighted by atomic mass is 19.1. The number of aryl methyl sites for hydroxylation is 1. The van der Waals surface area contributed by atoms with Crippen molar-refractivity contribution in [2.24, 2.45) is 5.92 Å². The van der Waals surface area contributed by atoms with Gasteiger partial charge in [0.15, 0.2) is 0 Å². The first-order valence-electron chi connectivity index (χ1n) is 9.14. The number of nitrogens with zero attached hydrogens (tertiary/aromatic N) is 3. The van der Waals surface area contributed by atoms with E-state index in [2.05, 4.69) is 20.2 Å². The van der Waals surface area contributed by atoms with Crippen molar-refractivity contribution >= 4 is 11.6 Å². The molecule has 26 heavy (non-hydrogen) atoms. The van der Waals surface area contributed by atoms with Crippen molar-refractivity contribution in [3.63, 3.8) is 0 Å². The second kappa shape index (κ2) is 8.85. The van der Waals surface area contributed by atoms with Gasteiger partial charge in [0.25, 0.3) is 0 Å². The summed E-state index contributed by atoms with van der Waals surface area (Å²) in [7, 11) is 0. The minimum absolute atomic E-state index is 0.0109. The van der Waals surface area contributed by atoms with Gasteiger partial charge in [0.1, 0.15) is 11.6 Å². The van der Waals surface area contributed by atoms with Crippen LogP contribution in [0.2, 0.25) is 0 Å². The second-order valence-electron chi connectivity index (χ2n) is 6.95. The monoisotopic (exact) mass is 356 g/mol. The van der Waals surface area contributed by atoms with E-state index in [1.54, 1.807) is 25.4 Å². The molecule has 1 aliphatic rings. The van der Waals surface area contributed by atoms with Crippen molar-refractivity contribution < 1.29 is 9.18 Å². The Bertz CT molecular complexity index is 738. The van der Waals surface area contributed by atoms with Crippen LogP contribution >= 0.6 is 0 Å². The fourth-order valence-electron chi connectivity index (χ4n) is 3.46. The molecule has 6 heteroatoms. The first kappa shape index (κ1) is 18.5. The lowest BCUT2D eigenvalue weighted by molar-refractivity contribution is -0.116. The molecular formula is C20H25FN4O. The molecule has 2 aromatic rings. The van der Waals surface area contributed by atoms with Crippen LogP contribution in [-0.2, 0) is 11.3 Å². The summed E-state index contributed by atoms with van der Waals surface area (Å²) in [4.78, 5) is 23.2. The van der Waals surface area contributed by atoms with Gasteiger partial charge in [-0.05, 0) is 68.5 Å². The Morgan fingerprint density at radius 1 is 1.35 bits per heavy atom. The number of nitrogens with one attached hydrogen (secondary N) is 1. The number of piperidine rings is 1. The highest BCUT2D eigenvalue weighted by molar-refractivity contribution is 5.91. The minimum Gasteiger partial charge on any atom is -0.326 e. The number of likely N-dealkylation sites (tertiary alicyclic amines) is 1. The lowest BCUT2D eigenvalue weighted by Crippen LogP contribution is -2.35. The average molecular weight is 356 g/mol. The van der Waals surface area contributed by atoms with Crippen LogP contribution in [-0.4, -0.2) is 33.9 Å². The zero-order valence-electron chi connectivity index (χ0n) is 15.1. The van der Waals surface area contributed by atoms with E-state index in [1.165, 1.54) is 12.1 Å². The minimum atomic E-state index is -0.287. The molecule has 1 aliphatic heterocycles. The summed E-state index contributed by atoms with van der Waals surface area (Å²) < 4.78 is 13.1. The Morgan fingerprint density at radius 3 is 2.92 bits per heavy atom. The highest BCUT2D eigenvalue weighted by Gasteiger charge is 2.21. The fourth-order valence-corrected chi connectivity index (χ4v) is 3.46. The van der Waals surface area contributed by atoms with E-state index < -0.39 is 0 Å². The molecular weight excluding hydrogens is 331 g/mol. The van der Waals surface area contributed by atoms with Gasteiger partial charge in [0.2, 0.25) is 5.91 Å². The number of carbonyl (C=O) groups excluding carboxylic acids is 1. The van der Waals surface area contributed by atoms with Gasteiger partial charge in [0.05, 0.1) is 6.54 Å². The lowest BCUT2D eigenvalue weighted by Gasteiger charge is -2.32. The van der Waals surface area contributed by atoms with Gasteiger partial charge in [-0.1, -0.05) is 0 Å². The first-order valence-corrected chi connectivity index (χ1v) is 9.14. The molecule has 2 heterocycles. The number of hydrogen-bond acceptors (Lipinski definition) is 4. The molecule has 0 aliphatic carbocycles. The summed E-state index contributed by atoms with van der Waals surface area (Å²) in [6, 6.07) is 6.24. The number of aromatic nitrogens is 2. The molecule has 1 aromatic carbocycles. The first-order chi connectivity index (χ1) is 12.6. The number of amides is 1. The number of halogens is 1. The largest absolute Gasteiger partial charge is 0.326 e. The topological polar surface area (TPSA) is 58.1 Å². The SMILES string of the molecule is Cc1cc(F)ccc1NC(=O)CCC1CCCN(Cc2ncccn2)C1. The fraction of sp³-hybridized carbons (Fsp3) is 0.450. The van der Waals surface area contributed by atoms with Gasteiger partial charge in [0, 0.05) is 31.0 Å². The molecule has 0 radical (unpaired) electrons. The normalized spacial score (nSPS) is 17.8. The van der Waals surface area contributed by atoms with E-state index in [4.69, 9.17) is 0 Å². The zero-order valence-corrected chi connectivity index (χ0v) is 15.1. The van der Waals surface area contributed by atoms with E-state index in [0.29, 0.717) is 18.0 Å².